The number of nitrogens with zero attached hydrogens (tertiary/aromatic N) is 8. The van der Waals surface area contributed by atoms with Gasteiger partial charge in [0.25, 0.3) is 0 Å². The average molecular weight is 1640 g/mol. The van der Waals surface area contributed by atoms with Crippen molar-refractivity contribution in [2.75, 3.05) is 76.6 Å². The van der Waals surface area contributed by atoms with Gasteiger partial charge in [0.15, 0.2) is 69.7 Å². The zero-order chi connectivity index (χ0) is 82.3. The molecule has 29 nitrogen and oxygen atoms in total. The van der Waals surface area contributed by atoms with Gasteiger partial charge >= 0.3 is 28.6 Å². The summed E-state index contributed by atoms with van der Waals surface area (Å²) in [5, 5.41) is 35.5. The van der Waals surface area contributed by atoms with E-state index in [0.29, 0.717) is 82.9 Å². The summed E-state index contributed by atoms with van der Waals surface area (Å²) < 4.78 is 72.5. The molecule has 0 spiro atoms. The molecule has 608 valence electrons. The number of aromatic amines is 3. The molecule has 1 aliphatic rings. The number of aliphatic hydroxyl groups excluding tert-OH is 1. The zero-order valence-electron chi connectivity index (χ0n) is 66.7. The van der Waals surface area contributed by atoms with Gasteiger partial charge in [-0.1, -0.05) is 26.5 Å². The van der Waals surface area contributed by atoms with E-state index >= 15 is 0 Å². The number of carbonyl (C=O) groups excluding carboxylic acids is 3. The number of hydrogen-bond acceptors (Lipinski definition) is 24. The second kappa shape index (κ2) is 41.6. The van der Waals surface area contributed by atoms with Crippen LogP contribution in [0.5, 0.6) is 46.0 Å². The summed E-state index contributed by atoms with van der Waals surface area (Å²) in [4.78, 5) is 62.2. The molecule has 1 atom stereocenters. The predicted molar refractivity (Wildman–Crippen MR) is 438 cm³/mol. The third-order valence-electron chi connectivity index (χ3n) is 18.6. The molecule has 0 radical (unpaired) electrons. The first-order valence-electron chi connectivity index (χ1n) is 36.4. The molecule has 6 N–H and O–H groups in total. The van der Waals surface area contributed by atoms with E-state index in [4.69, 9.17) is 75.3 Å². The monoisotopic (exact) mass is 1640 g/mol. The maximum atomic E-state index is 12.9. The number of pyridine rings is 2. The molecule has 1 aliphatic heterocycles. The number of hydrogen-bond donors (Lipinski definition) is 6. The second-order valence-corrected chi connectivity index (χ2v) is 27.1. The minimum atomic E-state index is -2.01. The van der Waals surface area contributed by atoms with Gasteiger partial charge in [-0.15, -0.1) is 0 Å². The van der Waals surface area contributed by atoms with Crippen molar-refractivity contribution >= 4 is 54.3 Å². The van der Waals surface area contributed by atoms with Gasteiger partial charge in [-0.3, -0.25) is 24.7 Å². The molecule has 1 unspecified atom stereocenters. The number of aliphatic hydroxyl groups is 2. The average Bonchev–Trinajstić information content (AvgIpc) is 1.67. The van der Waals surface area contributed by atoms with E-state index in [1.165, 1.54) is 50.5 Å². The van der Waals surface area contributed by atoms with Crippen molar-refractivity contribution < 1.29 is 79.6 Å². The number of ketones is 2. The van der Waals surface area contributed by atoms with E-state index in [2.05, 4.69) is 97.6 Å². The van der Waals surface area contributed by atoms with Crippen LogP contribution in [-0.2, 0) is 30.2 Å². The Morgan fingerprint density at radius 3 is 1.57 bits per heavy atom. The molecular weight excluding hydrogens is 1540 g/mol. The Hall–Kier alpha value is -12.1. The first-order chi connectivity index (χ1) is 54.9. The molecule has 30 heteroatoms. The van der Waals surface area contributed by atoms with Crippen molar-refractivity contribution in [2.24, 2.45) is 0 Å². The van der Waals surface area contributed by atoms with Gasteiger partial charge < -0.3 is 77.8 Å². The molecular formula is C85H100N12O17Se. The molecule has 1 amide bonds. The van der Waals surface area contributed by atoms with Crippen molar-refractivity contribution in [2.45, 2.75) is 113 Å². The van der Waals surface area contributed by atoms with Crippen LogP contribution in [0.2, 0.25) is 0 Å². The molecule has 1 fully saturated rings. The Bertz CT molecular complexity index is 5330. The van der Waals surface area contributed by atoms with Crippen LogP contribution in [0.1, 0.15) is 117 Å². The number of carbonyl (C=O) groups is 3. The van der Waals surface area contributed by atoms with Crippen molar-refractivity contribution in [3.8, 4) is 114 Å². The summed E-state index contributed by atoms with van der Waals surface area (Å²) in [5.41, 5.74) is 15.8. The fourth-order valence-electron chi connectivity index (χ4n) is 12.5. The number of imidazole rings is 2. The SMILES string of the molecule is C.CCN(Cc1cncc(-c2ccc3c(c2)c(-c2ncc(-c4ccc(OC)c(OC)c4)[nH]2)nn3C2CCCCO2)c1C)C(=O)OC(C)(C)C.CCNCc1cncc(-c2ccc3[nH]nc(-c4ncc(-c5ccc(OC)c(OC)c5)[nH]4)c3c2)c1C.COc1ccc(C(=O)C(O)O)cc1OC.COc1ccc(C(C)=O)cc1OC.O=[Se]=O. The van der Waals surface area contributed by atoms with Gasteiger partial charge in [-0.25, -0.2) is 19.4 Å². The molecule has 6 aromatic heterocycles. The minimum absolute atomic E-state index is 0. The molecule has 6 aromatic carbocycles. The number of Topliss-reactive ketones (excluding diaryl/α,β-unsaturated/α-hetero) is 2. The van der Waals surface area contributed by atoms with E-state index in [-0.39, 0.29) is 31.1 Å². The van der Waals surface area contributed by atoms with Crippen molar-refractivity contribution in [3.63, 3.8) is 0 Å². The summed E-state index contributed by atoms with van der Waals surface area (Å²) in [6.07, 6.45) is 11.7. The molecule has 0 saturated carbocycles. The van der Waals surface area contributed by atoms with Gasteiger partial charge in [-0.05, 0) is 205 Å². The van der Waals surface area contributed by atoms with Crippen LogP contribution in [0.25, 0.3) is 89.6 Å². The number of aromatic nitrogens is 10. The summed E-state index contributed by atoms with van der Waals surface area (Å²) in [5.74, 6) is 5.26. The van der Waals surface area contributed by atoms with Crippen LogP contribution in [0.15, 0.2) is 146 Å². The Morgan fingerprint density at radius 1 is 0.600 bits per heavy atom. The van der Waals surface area contributed by atoms with Gasteiger partial charge in [0.2, 0.25) is 12.1 Å². The molecule has 0 bridgehead atoms. The van der Waals surface area contributed by atoms with Gasteiger partial charge in [0, 0.05) is 88.6 Å². The van der Waals surface area contributed by atoms with Gasteiger partial charge in [0.1, 0.15) is 17.0 Å². The topological polar surface area (TPSA) is 363 Å². The Kier molecular flexibility index (Phi) is 32.1. The molecule has 115 heavy (non-hydrogen) atoms. The molecule has 7 heterocycles. The fraction of sp³-hybridized carbons (Fsp3) is 0.329. The van der Waals surface area contributed by atoms with Crippen LogP contribution in [0.4, 0.5) is 4.79 Å². The molecule has 1 saturated heterocycles. The Labute approximate surface area is 673 Å². The Balaban J connectivity index is 0.000000213. The van der Waals surface area contributed by atoms with Crippen LogP contribution in [-0.4, -0.2) is 186 Å². The van der Waals surface area contributed by atoms with E-state index in [0.717, 1.165) is 121 Å². The summed E-state index contributed by atoms with van der Waals surface area (Å²) in [7, 11) is 12.5. The number of nitrogens with one attached hydrogen (secondary N) is 4. The summed E-state index contributed by atoms with van der Waals surface area (Å²) >= 11 is -1.62. The van der Waals surface area contributed by atoms with E-state index in [9.17, 15) is 14.4 Å². The number of fused-ring (bicyclic) bond motifs is 2. The Morgan fingerprint density at radius 2 is 1.08 bits per heavy atom. The summed E-state index contributed by atoms with van der Waals surface area (Å²) in [6, 6.07) is 33.6. The number of amides is 1. The van der Waals surface area contributed by atoms with E-state index < -0.39 is 32.5 Å². The third-order valence-corrected chi connectivity index (χ3v) is 18.6. The molecule has 0 aliphatic carbocycles. The van der Waals surface area contributed by atoms with Crippen molar-refractivity contribution in [3.05, 3.63) is 180 Å². The maximum absolute atomic E-state index is 12.9. The number of ether oxygens (including phenoxy) is 10. The van der Waals surface area contributed by atoms with Crippen LogP contribution < -0.4 is 43.2 Å². The first-order valence-corrected chi connectivity index (χ1v) is 37.8. The van der Waals surface area contributed by atoms with Gasteiger partial charge in [0.05, 0.1) is 98.2 Å². The predicted octanol–water partition coefficient (Wildman–Crippen LogP) is 15.2. The molecule has 13 rings (SSSR count). The number of H-pyrrole nitrogens is 3. The van der Waals surface area contributed by atoms with Crippen LogP contribution in [0.3, 0.4) is 0 Å². The third kappa shape index (κ3) is 21.8. The fourth-order valence-corrected chi connectivity index (χ4v) is 12.5. The second-order valence-electron chi connectivity index (χ2n) is 26.8. The van der Waals surface area contributed by atoms with Crippen LogP contribution in [0, 0.1) is 13.8 Å². The number of rotatable bonds is 24. The van der Waals surface area contributed by atoms with E-state index in [1.54, 1.807) is 72.0 Å². The summed E-state index contributed by atoms with van der Waals surface area (Å²) in [6.45, 7) is 18.7. The van der Waals surface area contributed by atoms with Crippen molar-refractivity contribution in [1.82, 2.24) is 60.1 Å². The van der Waals surface area contributed by atoms with Gasteiger partial charge in [-0.2, -0.15) is 10.2 Å². The molecule has 12 aromatic rings. The first kappa shape index (κ1) is 88.5. The number of benzene rings is 6. The quantitative estimate of drug-likeness (QED) is 0.0186. The van der Waals surface area contributed by atoms with E-state index in [1.807, 2.05) is 99.8 Å². The number of methoxy groups -OCH3 is 8. The van der Waals surface area contributed by atoms with Crippen molar-refractivity contribution in [1.29, 1.82) is 0 Å². The van der Waals surface area contributed by atoms with Crippen LogP contribution >= 0.6 is 0 Å². The zero-order valence-corrected chi connectivity index (χ0v) is 68.4. The normalized spacial score (nSPS) is 12.2. The standard InChI is InChI=1S/C37H44N6O5.C27H28N6O2.C10H12O5.C10H12O3.CH4.O2Se/c1-8-42(36(44)48-37(3,4)5)22-26-19-38-20-28(23(26)2)24-12-14-30-27(17-24)34(41-43(30)33-11-9-10-16-47-33)35-39-21-29(40-35)25-13-15-31(45-6)32(18-25)46-7;1-5-28-12-19-13-29-14-21(16(19)2)17-6-8-22-20(10-17)26(33-32-22)27-30-15-23(31-27)18-7-9-24(34-3)25(11-18)35-4;1-14-7-4-3-6(5-8(7)15-2)9(11)10(12)13;1-7(11)8-4-5-9(12-2)10(6-8)13-3;;1-3-2/h12-15,17-21,33H,8-11,16,22H2,1-7H3,(H,39,40);6-11,13-15,28H,5,12H2,1-4H3,(H,30,31)(H,32,33);3-5,10,12-13H,1-2H3;4-6H,1-3H3;1H4;.